The third-order valence-corrected chi connectivity index (χ3v) is 2.53. The lowest BCUT2D eigenvalue weighted by Gasteiger charge is -1.98. The molecular weight excluding hydrogens is 148 g/mol. The van der Waals surface area contributed by atoms with E-state index in [9.17, 15) is 0 Å². The molecule has 11 heavy (non-hydrogen) atoms. The summed E-state index contributed by atoms with van der Waals surface area (Å²) in [5.41, 5.74) is 2.83. The van der Waals surface area contributed by atoms with Crippen LogP contribution in [0.2, 0.25) is 12.6 Å². The van der Waals surface area contributed by atoms with Crippen LogP contribution in [-0.4, -0.2) is 9.52 Å². The Morgan fingerprint density at radius 3 is 2.36 bits per heavy atom. The van der Waals surface area contributed by atoms with Crippen LogP contribution in [-0.2, 0) is 6.42 Å². The normalized spacial score (nSPS) is 10.0. The van der Waals surface area contributed by atoms with Crippen LogP contribution in [0.1, 0.15) is 11.1 Å². The molecule has 0 aromatic heterocycles. The van der Waals surface area contributed by atoms with E-state index in [4.69, 9.17) is 0 Å². The third kappa shape index (κ3) is 2.89. The van der Waals surface area contributed by atoms with Crippen molar-refractivity contribution in [1.82, 2.24) is 0 Å². The first-order chi connectivity index (χ1) is 5.33. The fourth-order valence-electron chi connectivity index (χ4n) is 1.02. The highest BCUT2D eigenvalue weighted by Gasteiger charge is 1.90. The molecule has 0 nitrogen and oxygen atoms in total. The minimum absolute atomic E-state index is 1.08. The molecule has 0 spiro atoms. The monoisotopic (exact) mass is 162 g/mol. The van der Waals surface area contributed by atoms with Gasteiger partial charge in [0.2, 0.25) is 0 Å². The van der Waals surface area contributed by atoms with E-state index in [1.807, 2.05) is 0 Å². The van der Waals surface area contributed by atoms with Crippen LogP contribution in [0.5, 0.6) is 0 Å². The minimum Gasteiger partial charge on any atom is -0.0733 e. The van der Waals surface area contributed by atoms with Crippen LogP contribution in [0.4, 0.5) is 0 Å². The van der Waals surface area contributed by atoms with E-state index in [1.165, 1.54) is 23.6 Å². The quantitative estimate of drug-likeness (QED) is 0.599. The van der Waals surface area contributed by atoms with Crippen LogP contribution < -0.4 is 0 Å². The lowest BCUT2D eigenvalue weighted by Crippen LogP contribution is -1.87. The van der Waals surface area contributed by atoms with Gasteiger partial charge in [-0.15, -0.1) is 0 Å². The van der Waals surface area contributed by atoms with Crippen LogP contribution >= 0.6 is 0 Å². The predicted molar refractivity (Wildman–Crippen MR) is 51.3 cm³/mol. The number of aryl methyl sites for hydroxylation is 2. The Kier molecular flexibility index (Phi) is 3.37. The first-order valence-corrected chi connectivity index (χ1v) is 5.74. The molecule has 1 aromatic carbocycles. The second-order valence-corrected chi connectivity index (χ2v) is 4.05. The Morgan fingerprint density at radius 1 is 1.18 bits per heavy atom. The van der Waals surface area contributed by atoms with Gasteiger partial charge >= 0.3 is 0 Å². The van der Waals surface area contributed by atoms with E-state index in [0.29, 0.717) is 0 Å². The fraction of sp³-hybridized carbons (Fsp3) is 0.400. The maximum Gasteiger partial charge on any atom is 0.0346 e. The summed E-state index contributed by atoms with van der Waals surface area (Å²) in [4.78, 5) is 0. The van der Waals surface area contributed by atoms with Crippen LogP contribution in [0.15, 0.2) is 24.3 Å². The molecule has 0 saturated heterocycles. The van der Waals surface area contributed by atoms with Gasteiger partial charge in [0.25, 0.3) is 0 Å². The van der Waals surface area contributed by atoms with Gasteiger partial charge in [-0.3, -0.25) is 0 Å². The van der Waals surface area contributed by atoms with E-state index in [-0.39, 0.29) is 0 Å². The summed E-state index contributed by atoms with van der Waals surface area (Å²) < 4.78 is 0. The first kappa shape index (κ1) is 8.53. The molecule has 58 valence electrons. The van der Waals surface area contributed by atoms with Crippen LogP contribution in [0, 0.1) is 6.92 Å². The van der Waals surface area contributed by atoms with Crippen molar-refractivity contribution in [2.24, 2.45) is 0 Å². The van der Waals surface area contributed by atoms with Crippen molar-refractivity contribution in [3.8, 4) is 0 Å². The summed E-state index contributed by atoms with van der Waals surface area (Å²) in [6, 6.07) is 10.2. The van der Waals surface area contributed by atoms with Gasteiger partial charge < -0.3 is 0 Å². The molecule has 0 unspecified atom stereocenters. The zero-order valence-corrected chi connectivity index (χ0v) is 8.22. The number of hydrogen-bond donors (Lipinski definition) is 0. The lowest BCUT2D eigenvalue weighted by molar-refractivity contribution is 1.12. The van der Waals surface area contributed by atoms with Crippen molar-refractivity contribution in [1.29, 1.82) is 0 Å². The van der Waals surface area contributed by atoms with Crippen molar-refractivity contribution < 1.29 is 0 Å². The molecule has 0 aliphatic rings. The van der Waals surface area contributed by atoms with Crippen molar-refractivity contribution in [2.75, 3.05) is 0 Å². The Hall–Kier alpha value is -0.563. The van der Waals surface area contributed by atoms with Gasteiger partial charge in [0.1, 0.15) is 0 Å². The standard InChI is InChI=1S/C10H14Si/c1-9-3-5-10(6-4-9)7-8-11-2/h3-6H,7-8H2,1-2H3. The van der Waals surface area contributed by atoms with Gasteiger partial charge in [0, 0.05) is 9.52 Å². The van der Waals surface area contributed by atoms with E-state index >= 15 is 0 Å². The molecule has 0 atom stereocenters. The molecule has 1 aromatic rings. The molecule has 1 heteroatoms. The number of rotatable bonds is 3. The molecule has 0 fully saturated rings. The van der Waals surface area contributed by atoms with Crippen molar-refractivity contribution >= 4 is 9.52 Å². The average Bonchev–Trinajstić information content (AvgIpc) is 2.04. The van der Waals surface area contributed by atoms with Gasteiger partial charge in [0.05, 0.1) is 0 Å². The number of benzene rings is 1. The molecule has 0 aliphatic heterocycles. The van der Waals surface area contributed by atoms with E-state index in [0.717, 1.165) is 9.52 Å². The highest BCUT2D eigenvalue weighted by Crippen LogP contribution is 2.05. The Balaban J connectivity index is 2.52. The summed E-state index contributed by atoms with van der Waals surface area (Å²) in [6.07, 6.45) is 1.25. The first-order valence-electron chi connectivity index (χ1n) is 4.03. The number of hydrogen-bond acceptors (Lipinski definition) is 0. The molecule has 0 aliphatic carbocycles. The smallest absolute Gasteiger partial charge is 0.0346 e. The highest BCUT2D eigenvalue weighted by atomic mass is 28.2. The molecule has 0 saturated carbocycles. The molecular formula is C10H14Si. The van der Waals surface area contributed by atoms with Crippen LogP contribution in [0.3, 0.4) is 0 Å². The fourth-order valence-corrected chi connectivity index (χ4v) is 1.56. The van der Waals surface area contributed by atoms with Gasteiger partial charge in [0.15, 0.2) is 0 Å². The molecule has 0 heterocycles. The molecule has 0 N–H and O–H groups in total. The van der Waals surface area contributed by atoms with Crippen molar-refractivity contribution in [3.63, 3.8) is 0 Å². The Bertz CT molecular complexity index is 201. The second-order valence-electron chi connectivity index (χ2n) is 2.84. The predicted octanol–water partition coefficient (Wildman–Crippen LogP) is 2.71. The van der Waals surface area contributed by atoms with E-state index < -0.39 is 0 Å². The summed E-state index contributed by atoms with van der Waals surface area (Å²) >= 11 is 0. The van der Waals surface area contributed by atoms with Crippen LogP contribution in [0.25, 0.3) is 0 Å². The molecule has 2 radical (unpaired) electrons. The summed E-state index contributed by atoms with van der Waals surface area (Å²) in [5, 5.41) is 0. The third-order valence-electron chi connectivity index (χ3n) is 1.78. The molecule has 1 rings (SSSR count). The zero-order chi connectivity index (χ0) is 8.10. The average molecular weight is 162 g/mol. The summed E-state index contributed by atoms with van der Waals surface area (Å²) in [7, 11) is 1.08. The van der Waals surface area contributed by atoms with E-state index in [1.54, 1.807) is 0 Å². The summed E-state index contributed by atoms with van der Waals surface area (Å²) in [5.74, 6) is 0. The van der Waals surface area contributed by atoms with Gasteiger partial charge in [-0.05, 0) is 18.9 Å². The summed E-state index contributed by atoms with van der Waals surface area (Å²) in [6.45, 7) is 4.39. The van der Waals surface area contributed by atoms with Crippen molar-refractivity contribution in [3.05, 3.63) is 35.4 Å². The maximum atomic E-state index is 2.26. The molecule has 0 bridgehead atoms. The van der Waals surface area contributed by atoms with Gasteiger partial charge in [-0.25, -0.2) is 0 Å². The largest absolute Gasteiger partial charge is 0.0733 e. The zero-order valence-electron chi connectivity index (χ0n) is 7.22. The topological polar surface area (TPSA) is 0 Å². The highest BCUT2D eigenvalue weighted by molar-refractivity contribution is 6.33. The second kappa shape index (κ2) is 4.34. The van der Waals surface area contributed by atoms with Crippen molar-refractivity contribution in [2.45, 2.75) is 25.9 Å². The lowest BCUT2D eigenvalue weighted by atomic mass is 10.1. The maximum absolute atomic E-state index is 2.26. The van der Waals surface area contributed by atoms with Gasteiger partial charge in [-0.2, -0.15) is 0 Å². The Labute approximate surface area is 71.5 Å². The molecule has 0 amide bonds. The van der Waals surface area contributed by atoms with Gasteiger partial charge in [-0.1, -0.05) is 42.4 Å². The van der Waals surface area contributed by atoms with E-state index in [2.05, 4.69) is 37.7 Å². The Morgan fingerprint density at radius 2 is 1.82 bits per heavy atom. The minimum atomic E-state index is 1.08. The SMILES string of the molecule is C[Si]CCc1ccc(C)cc1.